The van der Waals surface area contributed by atoms with Crippen LogP contribution in [-0.4, -0.2) is 11.1 Å². The topological polar surface area (TPSA) is 37.3 Å². The second-order valence-corrected chi connectivity index (χ2v) is 5.89. The highest BCUT2D eigenvalue weighted by Crippen LogP contribution is 2.46. The van der Waals surface area contributed by atoms with Crippen LogP contribution in [0.5, 0.6) is 0 Å². The summed E-state index contributed by atoms with van der Waals surface area (Å²) in [6.45, 7) is 2.07. The summed E-state index contributed by atoms with van der Waals surface area (Å²) in [5.41, 5.74) is -0.518. The van der Waals surface area contributed by atoms with Crippen molar-refractivity contribution in [3.63, 3.8) is 0 Å². The van der Waals surface area contributed by atoms with Crippen molar-refractivity contribution in [2.45, 2.75) is 39.0 Å². The molecule has 2 unspecified atom stereocenters. The van der Waals surface area contributed by atoms with Crippen molar-refractivity contribution >= 4 is 17.6 Å². The van der Waals surface area contributed by atoms with Gasteiger partial charge in [0.1, 0.15) is 5.82 Å². The second-order valence-electron chi connectivity index (χ2n) is 5.48. The first-order valence-corrected chi connectivity index (χ1v) is 7.02. The molecule has 0 aromatic heterocycles. The number of benzene rings is 1. The van der Waals surface area contributed by atoms with Crippen LogP contribution in [0.25, 0.3) is 0 Å². The zero-order valence-electron chi connectivity index (χ0n) is 11.0. The first-order chi connectivity index (χ1) is 8.98. The molecule has 1 fully saturated rings. The lowest BCUT2D eigenvalue weighted by Gasteiger charge is -2.25. The molecule has 0 bridgehead atoms. The van der Waals surface area contributed by atoms with Crippen LogP contribution in [0, 0.1) is 17.2 Å². The minimum Gasteiger partial charge on any atom is -0.481 e. The van der Waals surface area contributed by atoms with Crippen molar-refractivity contribution in [2.24, 2.45) is 11.3 Å². The van der Waals surface area contributed by atoms with Crippen LogP contribution in [-0.2, 0) is 11.2 Å². The highest BCUT2D eigenvalue weighted by molar-refractivity contribution is 6.31. The van der Waals surface area contributed by atoms with Crippen molar-refractivity contribution in [1.82, 2.24) is 0 Å². The molecule has 1 aliphatic rings. The molecule has 0 radical (unpaired) electrons. The molecule has 1 saturated carbocycles. The molecular formula is C15H18ClFO2. The van der Waals surface area contributed by atoms with E-state index in [-0.39, 0.29) is 6.42 Å². The SMILES string of the molecule is CCC1CCC(Cc2c(F)cccc2Cl)(C(=O)O)C1. The predicted octanol–water partition coefficient (Wildman–Crippen LogP) is 4.30. The van der Waals surface area contributed by atoms with E-state index in [1.165, 1.54) is 12.1 Å². The van der Waals surface area contributed by atoms with Gasteiger partial charge in [0.25, 0.3) is 0 Å². The summed E-state index contributed by atoms with van der Waals surface area (Å²) < 4.78 is 13.8. The monoisotopic (exact) mass is 284 g/mol. The summed E-state index contributed by atoms with van der Waals surface area (Å²) in [5.74, 6) is -0.822. The Morgan fingerprint density at radius 1 is 1.58 bits per heavy atom. The quantitative estimate of drug-likeness (QED) is 0.895. The van der Waals surface area contributed by atoms with E-state index in [4.69, 9.17) is 11.6 Å². The average Bonchev–Trinajstić information content (AvgIpc) is 2.79. The lowest BCUT2D eigenvalue weighted by molar-refractivity contribution is -0.148. The van der Waals surface area contributed by atoms with Gasteiger partial charge < -0.3 is 5.11 Å². The average molecular weight is 285 g/mol. The number of carboxylic acid groups (broad SMARTS) is 1. The van der Waals surface area contributed by atoms with Crippen molar-refractivity contribution in [2.75, 3.05) is 0 Å². The number of rotatable bonds is 4. The Balaban J connectivity index is 2.30. The van der Waals surface area contributed by atoms with Crippen LogP contribution in [0.1, 0.15) is 38.2 Å². The molecule has 0 aliphatic heterocycles. The second kappa shape index (κ2) is 5.49. The molecule has 2 rings (SSSR count). The van der Waals surface area contributed by atoms with Crippen molar-refractivity contribution in [1.29, 1.82) is 0 Å². The van der Waals surface area contributed by atoms with Gasteiger partial charge >= 0.3 is 5.97 Å². The highest BCUT2D eigenvalue weighted by Gasteiger charge is 2.45. The lowest BCUT2D eigenvalue weighted by Crippen LogP contribution is -2.31. The minimum absolute atomic E-state index is 0.185. The van der Waals surface area contributed by atoms with Crippen LogP contribution in [0.15, 0.2) is 18.2 Å². The number of halogens is 2. The molecule has 1 aliphatic carbocycles. The van der Waals surface area contributed by atoms with Gasteiger partial charge in [-0.05, 0) is 43.7 Å². The fourth-order valence-electron chi connectivity index (χ4n) is 3.06. The molecule has 104 valence electrons. The zero-order valence-corrected chi connectivity index (χ0v) is 11.7. The van der Waals surface area contributed by atoms with Crippen LogP contribution in [0.4, 0.5) is 4.39 Å². The summed E-state index contributed by atoms with van der Waals surface area (Å²) in [7, 11) is 0. The summed E-state index contributed by atoms with van der Waals surface area (Å²) >= 11 is 6.01. The maximum absolute atomic E-state index is 13.8. The molecule has 0 amide bonds. The molecule has 1 N–H and O–H groups in total. The smallest absolute Gasteiger partial charge is 0.309 e. The third kappa shape index (κ3) is 2.76. The Hall–Kier alpha value is -1.09. The largest absolute Gasteiger partial charge is 0.481 e. The first-order valence-electron chi connectivity index (χ1n) is 6.65. The number of carboxylic acids is 1. The fraction of sp³-hybridized carbons (Fsp3) is 0.533. The Morgan fingerprint density at radius 2 is 2.32 bits per heavy atom. The van der Waals surface area contributed by atoms with Crippen LogP contribution >= 0.6 is 11.6 Å². The van der Waals surface area contributed by atoms with Crippen molar-refractivity contribution < 1.29 is 14.3 Å². The zero-order chi connectivity index (χ0) is 14.0. The standard InChI is InChI=1S/C15H18ClFO2/c1-2-10-6-7-15(8-10,14(18)19)9-11-12(16)4-3-5-13(11)17/h3-5,10H,2,6-9H2,1H3,(H,18,19). The number of hydrogen-bond acceptors (Lipinski definition) is 1. The van der Waals surface area contributed by atoms with E-state index in [0.29, 0.717) is 29.3 Å². The van der Waals surface area contributed by atoms with E-state index in [0.717, 1.165) is 12.8 Å². The Labute approximate surface area is 117 Å². The Kier molecular flexibility index (Phi) is 4.14. The van der Waals surface area contributed by atoms with Crippen molar-refractivity contribution in [3.05, 3.63) is 34.6 Å². The number of carbonyl (C=O) groups is 1. The predicted molar refractivity (Wildman–Crippen MR) is 72.8 cm³/mol. The van der Waals surface area contributed by atoms with Gasteiger partial charge in [-0.2, -0.15) is 0 Å². The fourth-order valence-corrected chi connectivity index (χ4v) is 3.29. The normalized spacial score (nSPS) is 26.6. The van der Waals surface area contributed by atoms with E-state index in [2.05, 4.69) is 6.92 Å². The Bertz CT molecular complexity index is 469. The van der Waals surface area contributed by atoms with Gasteiger partial charge in [0.2, 0.25) is 0 Å². The molecule has 0 spiro atoms. The van der Waals surface area contributed by atoms with E-state index >= 15 is 0 Å². The first kappa shape index (κ1) is 14.3. The molecular weight excluding hydrogens is 267 g/mol. The highest BCUT2D eigenvalue weighted by atomic mass is 35.5. The van der Waals surface area contributed by atoms with Gasteiger partial charge in [0.05, 0.1) is 5.41 Å². The van der Waals surface area contributed by atoms with Crippen LogP contribution in [0.2, 0.25) is 5.02 Å². The molecule has 0 heterocycles. The molecule has 1 aromatic rings. The molecule has 2 atom stereocenters. The maximum Gasteiger partial charge on any atom is 0.309 e. The number of hydrogen-bond donors (Lipinski definition) is 1. The van der Waals surface area contributed by atoms with Crippen LogP contribution < -0.4 is 0 Å². The van der Waals surface area contributed by atoms with E-state index in [1.807, 2.05) is 0 Å². The van der Waals surface area contributed by atoms with Gasteiger partial charge in [-0.3, -0.25) is 4.79 Å². The van der Waals surface area contributed by atoms with E-state index < -0.39 is 17.2 Å². The molecule has 19 heavy (non-hydrogen) atoms. The molecule has 1 aromatic carbocycles. The number of aliphatic carboxylic acids is 1. The summed E-state index contributed by atoms with van der Waals surface area (Å²) in [5, 5.41) is 9.87. The molecule has 2 nitrogen and oxygen atoms in total. The van der Waals surface area contributed by atoms with Gasteiger partial charge in [-0.15, -0.1) is 0 Å². The molecule has 0 saturated heterocycles. The minimum atomic E-state index is -0.855. The van der Waals surface area contributed by atoms with Gasteiger partial charge in [0, 0.05) is 10.6 Å². The van der Waals surface area contributed by atoms with E-state index in [9.17, 15) is 14.3 Å². The molecule has 4 heteroatoms. The Morgan fingerprint density at radius 3 is 2.84 bits per heavy atom. The van der Waals surface area contributed by atoms with Crippen molar-refractivity contribution in [3.8, 4) is 0 Å². The third-order valence-corrected chi connectivity index (χ3v) is 4.67. The van der Waals surface area contributed by atoms with Gasteiger partial charge in [-0.25, -0.2) is 4.39 Å². The summed E-state index contributed by atoms with van der Waals surface area (Å²) in [6.07, 6.45) is 3.27. The summed E-state index contributed by atoms with van der Waals surface area (Å²) in [6, 6.07) is 4.49. The maximum atomic E-state index is 13.8. The summed E-state index contributed by atoms with van der Waals surface area (Å²) in [4.78, 5) is 11.6. The third-order valence-electron chi connectivity index (χ3n) is 4.32. The van der Waals surface area contributed by atoms with Gasteiger partial charge in [0.15, 0.2) is 0 Å². The lowest BCUT2D eigenvalue weighted by atomic mass is 9.79. The van der Waals surface area contributed by atoms with Gasteiger partial charge in [-0.1, -0.05) is 31.0 Å². The van der Waals surface area contributed by atoms with Crippen LogP contribution in [0.3, 0.4) is 0 Å². The van der Waals surface area contributed by atoms with E-state index in [1.54, 1.807) is 6.07 Å².